The Kier molecular flexibility index (Phi) is 7.64. The highest BCUT2D eigenvalue weighted by Gasteiger charge is 2.31. The van der Waals surface area contributed by atoms with Crippen molar-refractivity contribution < 1.29 is 22.7 Å². The van der Waals surface area contributed by atoms with Crippen LogP contribution < -0.4 is 32.6 Å². The zero-order chi connectivity index (χ0) is 22.3. The summed E-state index contributed by atoms with van der Waals surface area (Å²) < 4.78 is 44.0. The van der Waals surface area contributed by atoms with E-state index in [2.05, 4.69) is 20.6 Å². The van der Waals surface area contributed by atoms with Crippen LogP contribution in [0.15, 0.2) is 24.3 Å². The van der Waals surface area contributed by atoms with Crippen molar-refractivity contribution in [3.8, 4) is 5.88 Å². The smallest absolute Gasteiger partial charge is 0.416 e. The number of alkyl halides is 3. The molecule has 0 spiro atoms. The van der Waals surface area contributed by atoms with Crippen LogP contribution in [-0.2, 0) is 11.0 Å². The molecule has 2 rings (SSSR count). The minimum absolute atomic E-state index is 0.000415. The van der Waals surface area contributed by atoms with E-state index in [1.54, 1.807) is 6.92 Å². The molecule has 9 nitrogen and oxygen atoms in total. The van der Waals surface area contributed by atoms with Gasteiger partial charge in [0.15, 0.2) is 5.82 Å². The summed E-state index contributed by atoms with van der Waals surface area (Å²) in [7, 11) is 0. The van der Waals surface area contributed by atoms with E-state index in [1.807, 2.05) is 0 Å². The zero-order valence-electron chi connectivity index (χ0n) is 16.3. The number of ether oxygens (including phenoxy) is 1. The van der Waals surface area contributed by atoms with Crippen LogP contribution in [0.4, 0.5) is 36.3 Å². The topological polar surface area (TPSA) is 154 Å². The SMILES string of the molecule is CCOc1nc(N)nc(N[C@@H](CCCN)C(=O)Nc2cccc(C(F)(F)F)c2)c1N. The Morgan fingerprint density at radius 3 is 2.63 bits per heavy atom. The van der Waals surface area contributed by atoms with Gasteiger partial charge in [-0.15, -0.1) is 0 Å². The van der Waals surface area contributed by atoms with Gasteiger partial charge < -0.3 is 32.6 Å². The van der Waals surface area contributed by atoms with Gasteiger partial charge >= 0.3 is 6.18 Å². The van der Waals surface area contributed by atoms with Crippen molar-refractivity contribution in [1.29, 1.82) is 0 Å². The summed E-state index contributed by atoms with van der Waals surface area (Å²) in [6.45, 7) is 2.32. The Morgan fingerprint density at radius 2 is 2.00 bits per heavy atom. The van der Waals surface area contributed by atoms with Crippen LogP contribution in [0.1, 0.15) is 25.3 Å². The van der Waals surface area contributed by atoms with Crippen LogP contribution in [0.25, 0.3) is 0 Å². The lowest BCUT2D eigenvalue weighted by atomic mass is 10.1. The van der Waals surface area contributed by atoms with Crippen LogP contribution >= 0.6 is 0 Å². The largest absolute Gasteiger partial charge is 0.476 e. The van der Waals surface area contributed by atoms with Crippen molar-refractivity contribution in [2.24, 2.45) is 5.73 Å². The summed E-state index contributed by atoms with van der Waals surface area (Å²) in [5.41, 5.74) is 16.4. The van der Waals surface area contributed by atoms with Gasteiger partial charge in [0.1, 0.15) is 11.7 Å². The number of nitrogens with zero attached hydrogens (tertiary/aromatic N) is 2. The Labute approximate surface area is 171 Å². The van der Waals surface area contributed by atoms with Crippen LogP contribution in [0.2, 0.25) is 0 Å². The summed E-state index contributed by atoms with van der Waals surface area (Å²) in [4.78, 5) is 20.6. The van der Waals surface area contributed by atoms with Gasteiger partial charge in [0, 0.05) is 5.69 Å². The minimum Gasteiger partial charge on any atom is -0.476 e. The van der Waals surface area contributed by atoms with E-state index in [9.17, 15) is 18.0 Å². The van der Waals surface area contributed by atoms with Gasteiger partial charge in [-0.1, -0.05) is 6.07 Å². The molecular weight excluding hydrogens is 403 g/mol. The number of benzene rings is 1. The number of carbonyl (C=O) groups is 1. The first kappa shape index (κ1) is 23.0. The fourth-order valence-corrected chi connectivity index (χ4v) is 2.58. The van der Waals surface area contributed by atoms with E-state index in [0.29, 0.717) is 13.0 Å². The molecule has 1 aromatic carbocycles. The third-order valence-electron chi connectivity index (χ3n) is 3.99. The van der Waals surface area contributed by atoms with Gasteiger partial charge in [0.2, 0.25) is 17.7 Å². The average molecular weight is 427 g/mol. The molecule has 30 heavy (non-hydrogen) atoms. The summed E-state index contributed by atoms with van der Waals surface area (Å²) in [5.74, 6) is -0.571. The number of hydrogen-bond donors (Lipinski definition) is 5. The van der Waals surface area contributed by atoms with E-state index in [4.69, 9.17) is 21.9 Å². The number of nitrogens with two attached hydrogens (primary N) is 3. The highest BCUT2D eigenvalue weighted by atomic mass is 19.4. The van der Waals surface area contributed by atoms with Gasteiger partial charge in [-0.05, 0) is 44.5 Å². The maximum absolute atomic E-state index is 12.9. The molecule has 2 aromatic rings. The lowest BCUT2D eigenvalue weighted by Gasteiger charge is -2.21. The fraction of sp³-hybridized carbons (Fsp3) is 0.389. The van der Waals surface area contributed by atoms with E-state index in [1.165, 1.54) is 12.1 Å². The molecule has 0 saturated carbocycles. The molecule has 0 saturated heterocycles. The van der Waals surface area contributed by atoms with Crippen LogP contribution in [0.3, 0.4) is 0 Å². The molecule has 164 valence electrons. The van der Waals surface area contributed by atoms with Gasteiger partial charge in [0.05, 0.1) is 12.2 Å². The Bertz CT molecular complexity index is 877. The fourth-order valence-electron chi connectivity index (χ4n) is 2.58. The molecule has 1 aromatic heterocycles. The van der Waals surface area contributed by atoms with Crippen LogP contribution in [-0.4, -0.2) is 35.1 Å². The van der Waals surface area contributed by atoms with E-state index in [-0.39, 0.29) is 42.0 Å². The van der Waals surface area contributed by atoms with Gasteiger partial charge in [-0.3, -0.25) is 4.79 Å². The third kappa shape index (κ3) is 6.11. The first-order chi connectivity index (χ1) is 14.2. The third-order valence-corrected chi connectivity index (χ3v) is 3.99. The molecule has 0 aliphatic rings. The molecular formula is C18H24F3N7O2. The predicted molar refractivity (Wildman–Crippen MR) is 108 cm³/mol. The molecule has 1 heterocycles. The van der Waals surface area contributed by atoms with Crippen molar-refractivity contribution in [3.63, 3.8) is 0 Å². The summed E-state index contributed by atoms with van der Waals surface area (Å²) in [5, 5.41) is 5.33. The quantitative estimate of drug-likeness (QED) is 0.408. The lowest BCUT2D eigenvalue weighted by molar-refractivity contribution is -0.137. The Hall–Kier alpha value is -3.28. The molecule has 0 bridgehead atoms. The van der Waals surface area contributed by atoms with E-state index < -0.39 is 23.7 Å². The van der Waals surface area contributed by atoms with Crippen molar-refractivity contribution in [3.05, 3.63) is 29.8 Å². The minimum atomic E-state index is -4.53. The number of halogens is 3. The summed E-state index contributed by atoms with van der Waals surface area (Å²) >= 11 is 0. The maximum Gasteiger partial charge on any atom is 0.416 e. The maximum atomic E-state index is 12.9. The second kappa shape index (κ2) is 9.96. The Balaban J connectivity index is 2.25. The average Bonchev–Trinajstić information content (AvgIpc) is 2.68. The van der Waals surface area contributed by atoms with E-state index in [0.717, 1.165) is 12.1 Å². The number of nitrogen functional groups attached to an aromatic ring is 2. The molecule has 1 amide bonds. The highest BCUT2D eigenvalue weighted by Crippen LogP contribution is 2.31. The molecule has 0 aliphatic heterocycles. The van der Waals surface area contributed by atoms with Crippen LogP contribution in [0, 0.1) is 0 Å². The number of hydrogen-bond acceptors (Lipinski definition) is 8. The molecule has 12 heteroatoms. The number of nitrogens with one attached hydrogen (secondary N) is 2. The van der Waals surface area contributed by atoms with Gasteiger partial charge in [-0.25, -0.2) is 0 Å². The first-order valence-corrected chi connectivity index (χ1v) is 9.16. The first-order valence-electron chi connectivity index (χ1n) is 9.16. The molecule has 0 aliphatic carbocycles. The van der Waals surface area contributed by atoms with Crippen molar-refractivity contribution in [2.45, 2.75) is 32.0 Å². The lowest BCUT2D eigenvalue weighted by Crippen LogP contribution is -2.36. The molecule has 8 N–H and O–H groups in total. The number of rotatable bonds is 9. The molecule has 1 atom stereocenters. The van der Waals surface area contributed by atoms with E-state index >= 15 is 0 Å². The van der Waals surface area contributed by atoms with Crippen molar-refractivity contribution in [2.75, 3.05) is 35.3 Å². The van der Waals surface area contributed by atoms with Crippen molar-refractivity contribution in [1.82, 2.24) is 9.97 Å². The monoisotopic (exact) mass is 427 g/mol. The number of anilines is 4. The zero-order valence-corrected chi connectivity index (χ0v) is 16.3. The normalized spacial score (nSPS) is 12.3. The highest BCUT2D eigenvalue weighted by molar-refractivity contribution is 5.97. The summed E-state index contributed by atoms with van der Waals surface area (Å²) in [6, 6.07) is 3.44. The summed E-state index contributed by atoms with van der Waals surface area (Å²) in [6.07, 6.45) is -3.79. The predicted octanol–water partition coefficient (Wildman–Crippen LogP) is 2.22. The molecule has 0 fully saturated rings. The second-order valence-electron chi connectivity index (χ2n) is 6.28. The number of aromatic nitrogens is 2. The second-order valence-corrected chi connectivity index (χ2v) is 6.28. The molecule has 0 unspecified atom stereocenters. The Morgan fingerprint density at radius 1 is 1.27 bits per heavy atom. The number of amides is 1. The molecule has 0 radical (unpaired) electrons. The van der Waals surface area contributed by atoms with Crippen molar-refractivity contribution >= 4 is 29.0 Å². The standard InChI is InChI=1S/C18H24F3N7O2/c1-2-30-16-13(23)14(27-17(24)28-16)26-12(7-4-8-22)15(29)25-11-6-3-5-10(9-11)18(19,20)21/h3,5-6,9,12H,2,4,7-8,22-23H2,1H3,(H,25,29)(H3,24,26,27,28)/t12-/m0/s1. The number of carbonyl (C=O) groups excluding carboxylic acids is 1. The van der Waals surface area contributed by atoms with Gasteiger partial charge in [-0.2, -0.15) is 23.1 Å². The van der Waals surface area contributed by atoms with Gasteiger partial charge in [0.25, 0.3) is 0 Å². The van der Waals surface area contributed by atoms with Crippen LogP contribution in [0.5, 0.6) is 5.88 Å².